The highest BCUT2D eigenvalue weighted by atomic mass is 16.1. The number of nitrogens with zero attached hydrogens (tertiary/aromatic N) is 1. The minimum absolute atomic E-state index is 0.172. The molecule has 1 N–H and O–H groups in total. The van der Waals surface area contributed by atoms with Crippen LogP contribution in [0.1, 0.15) is 63.0 Å². The normalized spacial score (nSPS) is 15.7. The van der Waals surface area contributed by atoms with Gasteiger partial charge in [-0.2, -0.15) is 0 Å². The summed E-state index contributed by atoms with van der Waals surface area (Å²) in [5.74, 6) is 0.172. The molecule has 3 heteroatoms. The van der Waals surface area contributed by atoms with Gasteiger partial charge in [0.05, 0.1) is 0 Å². The molecule has 0 bridgehead atoms. The maximum atomic E-state index is 11.7. The van der Waals surface area contributed by atoms with Gasteiger partial charge in [-0.1, -0.05) is 50.5 Å². The first-order chi connectivity index (χ1) is 10.8. The molecule has 0 radical (unpaired) electrons. The summed E-state index contributed by atoms with van der Waals surface area (Å²) in [6, 6.07) is 8.69. The first-order valence-electron chi connectivity index (χ1n) is 8.85. The van der Waals surface area contributed by atoms with Crippen LogP contribution in [0.2, 0.25) is 0 Å². The fourth-order valence-electron chi connectivity index (χ4n) is 2.96. The summed E-state index contributed by atoms with van der Waals surface area (Å²) in [6.45, 7) is 6.33. The average molecular weight is 302 g/mol. The minimum Gasteiger partial charge on any atom is -0.352 e. The maximum absolute atomic E-state index is 11.7. The smallest absolute Gasteiger partial charge is 0.220 e. The lowest BCUT2D eigenvalue weighted by Crippen LogP contribution is -2.29. The lowest BCUT2D eigenvalue weighted by molar-refractivity contribution is -0.121. The molecular weight excluding hydrogens is 272 g/mol. The zero-order valence-corrected chi connectivity index (χ0v) is 13.9. The van der Waals surface area contributed by atoms with Crippen LogP contribution >= 0.6 is 0 Å². The van der Waals surface area contributed by atoms with Crippen molar-refractivity contribution < 1.29 is 4.79 Å². The van der Waals surface area contributed by atoms with Crippen molar-refractivity contribution in [3.8, 4) is 0 Å². The highest BCUT2D eigenvalue weighted by Gasteiger charge is 2.10. The molecule has 0 unspecified atom stereocenters. The van der Waals surface area contributed by atoms with Crippen LogP contribution in [-0.4, -0.2) is 23.9 Å². The van der Waals surface area contributed by atoms with E-state index in [-0.39, 0.29) is 5.91 Å². The van der Waals surface area contributed by atoms with Gasteiger partial charge >= 0.3 is 0 Å². The van der Waals surface area contributed by atoms with Crippen LogP contribution in [0.4, 0.5) is 0 Å². The summed E-state index contributed by atoms with van der Waals surface area (Å²) in [7, 11) is 0. The number of nitrogens with one attached hydrogen (secondary N) is 1. The zero-order chi connectivity index (χ0) is 15.6. The summed E-state index contributed by atoms with van der Waals surface area (Å²) in [6.07, 6.45) is 8.00. The zero-order valence-electron chi connectivity index (χ0n) is 13.9. The fraction of sp³-hybridized carbons (Fsp3) is 0.632. The first kappa shape index (κ1) is 17.0. The molecule has 1 heterocycles. The van der Waals surface area contributed by atoms with Gasteiger partial charge in [0.15, 0.2) is 0 Å². The number of rotatable bonds is 8. The van der Waals surface area contributed by atoms with Crippen LogP contribution in [0.15, 0.2) is 24.3 Å². The molecule has 1 aromatic carbocycles. The third-order valence-electron chi connectivity index (χ3n) is 4.37. The fourth-order valence-corrected chi connectivity index (χ4v) is 2.96. The van der Waals surface area contributed by atoms with Gasteiger partial charge in [-0.3, -0.25) is 9.69 Å². The second-order valence-corrected chi connectivity index (χ2v) is 6.39. The summed E-state index contributed by atoms with van der Waals surface area (Å²) in [5, 5.41) is 3.01. The van der Waals surface area contributed by atoms with Gasteiger partial charge in [0.25, 0.3) is 0 Å². The van der Waals surface area contributed by atoms with E-state index in [0.29, 0.717) is 13.0 Å². The SMILES string of the molecule is CCCCCC(=O)NCc1ccc(CN2CCCCC2)cc1. The number of amides is 1. The lowest BCUT2D eigenvalue weighted by atomic mass is 10.1. The first-order valence-corrected chi connectivity index (χ1v) is 8.85. The Hall–Kier alpha value is -1.35. The third kappa shape index (κ3) is 6.18. The van der Waals surface area contributed by atoms with Gasteiger partial charge in [-0.25, -0.2) is 0 Å². The number of carbonyl (C=O) groups is 1. The van der Waals surface area contributed by atoms with Crippen LogP contribution in [0.25, 0.3) is 0 Å². The predicted octanol–water partition coefficient (Wildman–Crippen LogP) is 3.87. The molecular formula is C19H30N2O. The Kier molecular flexibility index (Phi) is 7.44. The Bertz CT molecular complexity index is 435. The Morgan fingerprint density at radius 3 is 2.41 bits per heavy atom. The van der Waals surface area contributed by atoms with E-state index in [1.807, 2.05) is 0 Å². The standard InChI is InChI=1S/C19H30N2O/c1-2-3-5-8-19(22)20-15-17-9-11-18(12-10-17)16-21-13-6-4-7-14-21/h9-12H,2-8,13-16H2,1H3,(H,20,22). The molecule has 1 aliphatic heterocycles. The van der Waals surface area contributed by atoms with Crippen molar-refractivity contribution in [2.75, 3.05) is 13.1 Å². The largest absolute Gasteiger partial charge is 0.352 e. The van der Waals surface area contributed by atoms with Crippen LogP contribution in [0, 0.1) is 0 Å². The average Bonchev–Trinajstić information content (AvgIpc) is 2.55. The lowest BCUT2D eigenvalue weighted by Gasteiger charge is -2.26. The van der Waals surface area contributed by atoms with Gasteiger partial charge in [0, 0.05) is 19.5 Å². The van der Waals surface area contributed by atoms with E-state index < -0.39 is 0 Å². The number of hydrogen-bond acceptors (Lipinski definition) is 2. The Morgan fingerprint density at radius 2 is 1.73 bits per heavy atom. The summed E-state index contributed by atoms with van der Waals surface area (Å²) in [4.78, 5) is 14.2. The van der Waals surface area contributed by atoms with Crippen molar-refractivity contribution in [1.82, 2.24) is 10.2 Å². The van der Waals surface area contributed by atoms with Gasteiger partial charge in [-0.05, 0) is 43.5 Å². The molecule has 1 aliphatic rings. The van der Waals surface area contributed by atoms with E-state index in [0.717, 1.165) is 25.8 Å². The molecule has 0 atom stereocenters. The molecule has 1 amide bonds. The summed E-state index contributed by atoms with van der Waals surface area (Å²) >= 11 is 0. The molecule has 1 fully saturated rings. The van der Waals surface area contributed by atoms with Gasteiger partial charge < -0.3 is 5.32 Å². The number of piperidine rings is 1. The molecule has 1 saturated heterocycles. The molecule has 122 valence electrons. The van der Waals surface area contributed by atoms with Crippen LogP contribution in [0.3, 0.4) is 0 Å². The molecule has 1 aromatic rings. The number of hydrogen-bond donors (Lipinski definition) is 1. The second kappa shape index (κ2) is 9.62. The van der Waals surface area contributed by atoms with Crippen molar-refractivity contribution >= 4 is 5.91 Å². The van der Waals surface area contributed by atoms with Gasteiger partial charge in [-0.15, -0.1) is 0 Å². The van der Waals surface area contributed by atoms with Crippen LogP contribution in [-0.2, 0) is 17.9 Å². The number of benzene rings is 1. The second-order valence-electron chi connectivity index (χ2n) is 6.39. The summed E-state index contributed by atoms with van der Waals surface area (Å²) < 4.78 is 0. The monoisotopic (exact) mass is 302 g/mol. The molecule has 0 spiro atoms. The quantitative estimate of drug-likeness (QED) is 0.739. The topological polar surface area (TPSA) is 32.3 Å². The van der Waals surface area contributed by atoms with E-state index in [1.54, 1.807) is 0 Å². The Labute approximate surface area is 135 Å². The van der Waals surface area contributed by atoms with Crippen molar-refractivity contribution in [2.45, 2.75) is 65.0 Å². The van der Waals surface area contributed by atoms with Gasteiger partial charge in [0.2, 0.25) is 5.91 Å². The number of carbonyl (C=O) groups excluding carboxylic acids is 1. The van der Waals surface area contributed by atoms with E-state index in [4.69, 9.17) is 0 Å². The van der Waals surface area contributed by atoms with Crippen molar-refractivity contribution in [1.29, 1.82) is 0 Å². The maximum Gasteiger partial charge on any atom is 0.220 e. The Balaban J connectivity index is 1.70. The van der Waals surface area contributed by atoms with E-state index in [1.165, 1.54) is 43.5 Å². The predicted molar refractivity (Wildman–Crippen MR) is 91.6 cm³/mol. The van der Waals surface area contributed by atoms with Crippen LogP contribution < -0.4 is 5.32 Å². The number of likely N-dealkylation sites (tertiary alicyclic amines) is 1. The number of unbranched alkanes of at least 4 members (excludes halogenated alkanes) is 2. The Morgan fingerprint density at radius 1 is 1.05 bits per heavy atom. The highest BCUT2D eigenvalue weighted by molar-refractivity contribution is 5.75. The van der Waals surface area contributed by atoms with Crippen LogP contribution in [0.5, 0.6) is 0 Å². The minimum atomic E-state index is 0.172. The van der Waals surface area contributed by atoms with Crippen molar-refractivity contribution in [3.05, 3.63) is 35.4 Å². The molecule has 3 nitrogen and oxygen atoms in total. The van der Waals surface area contributed by atoms with Crippen molar-refractivity contribution in [2.24, 2.45) is 0 Å². The third-order valence-corrected chi connectivity index (χ3v) is 4.37. The molecule has 0 aromatic heterocycles. The summed E-state index contributed by atoms with van der Waals surface area (Å²) in [5.41, 5.74) is 2.56. The molecule has 0 saturated carbocycles. The van der Waals surface area contributed by atoms with Crippen molar-refractivity contribution in [3.63, 3.8) is 0 Å². The highest BCUT2D eigenvalue weighted by Crippen LogP contribution is 2.13. The van der Waals surface area contributed by atoms with E-state index in [2.05, 4.69) is 41.4 Å². The van der Waals surface area contributed by atoms with E-state index in [9.17, 15) is 4.79 Å². The van der Waals surface area contributed by atoms with Gasteiger partial charge in [0.1, 0.15) is 0 Å². The van der Waals surface area contributed by atoms with E-state index >= 15 is 0 Å². The molecule has 0 aliphatic carbocycles. The molecule has 22 heavy (non-hydrogen) atoms. The molecule has 2 rings (SSSR count).